The summed E-state index contributed by atoms with van der Waals surface area (Å²) in [6.45, 7) is 1.49. The van der Waals surface area contributed by atoms with Crippen LogP contribution in [-0.2, 0) is 11.0 Å². The van der Waals surface area contributed by atoms with Gasteiger partial charge in [-0.2, -0.15) is 13.2 Å². The molecule has 2 aromatic heterocycles. The highest BCUT2D eigenvalue weighted by atomic mass is 19.4. The normalized spacial score (nSPS) is 12.8. The van der Waals surface area contributed by atoms with Crippen molar-refractivity contribution in [3.63, 3.8) is 0 Å². The largest absolute Gasteiger partial charge is 0.433 e. The molecule has 3 rings (SSSR count). The molecule has 1 atom stereocenters. The Morgan fingerprint density at radius 2 is 1.88 bits per heavy atom. The summed E-state index contributed by atoms with van der Waals surface area (Å²) in [7, 11) is 0. The molecule has 1 amide bonds. The zero-order chi connectivity index (χ0) is 18.9. The number of carbonyl (C=O) groups is 1. The summed E-state index contributed by atoms with van der Waals surface area (Å²) >= 11 is 0. The lowest BCUT2D eigenvalue weighted by atomic mass is 10.2. The third-order valence-corrected chi connectivity index (χ3v) is 3.81. The molecule has 0 saturated carbocycles. The molecule has 0 saturated heterocycles. The van der Waals surface area contributed by atoms with Crippen molar-refractivity contribution in [2.24, 2.45) is 0 Å². The lowest BCUT2D eigenvalue weighted by Crippen LogP contribution is -2.31. The first-order valence-corrected chi connectivity index (χ1v) is 7.57. The Labute approximate surface area is 145 Å². The van der Waals surface area contributed by atoms with Crippen LogP contribution >= 0.6 is 0 Å². The standard InChI is InChI=1S/C17H13F3N4O2/c1-10(24-9-22-13-5-3-2-4-12(13)16(24)26)15(25)23-11-6-7-14(21-8-11)17(18,19)20/h2-10H,1H3,(H,23,25). The molecule has 26 heavy (non-hydrogen) atoms. The Kier molecular flexibility index (Phi) is 4.45. The number of halogens is 3. The molecule has 3 aromatic rings. The maximum Gasteiger partial charge on any atom is 0.433 e. The third-order valence-electron chi connectivity index (χ3n) is 3.81. The maximum absolute atomic E-state index is 12.5. The van der Waals surface area contributed by atoms with Gasteiger partial charge in [0.2, 0.25) is 5.91 Å². The predicted octanol–water partition coefficient (Wildman–Crippen LogP) is 3.01. The first-order valence-electron chi connectivity index (χ1n) is 7.57. The van der Waals surface area contributed by atoms with Crippen LogP contribution in [0.1, 0.15) is 18.7 Å². The van der Waals surface area contributed by atoms with E-state index in [9.17, 15) is 22.8 Å². The van der Waals surface area contributed by atoms with Gasteiger partial charge in [-0.25, -0.2) is 9.97 Å². The average molecular weight is 362 g/mol. The third kappa shape index (κ3) is 3.41. The van der Waals surface area contributed by atoms with Crippen LogP contribution in [0.3, 0.4) is 0 Å². The molecular weight excluding hydrogens is 349 g/mol. The summed E-state index contributed by atoms with van der Waals surface area (Å²) in [5, 5.41) is 2.80. The van der Waals surface area contributed by atoms with E-state index in [1.165, 1.54) is 13.3 Å². The van der Waals surface area contributed by atoms with Crippen LogP contribution in [-0.4, -0.2) is 20.4 Å². The van der Waals surface area contributed by atoms with E-state index in [4.69, 9.17) is 0 Å². The van der Waals surface area contributed by atoms with Crippen molar-refractivity contribution in [3.05, 3.63) is 65.0 Å². The van der Waals surface area contributed by atoms with Gasteiger partial charge in [-0.05, 0) is 31.2 Å². The lowest BCUT2D eigenvalue weighted by Gasteiger charge is -2.15. The summed E-state index contributed by atoms with van der Waals surface area (Å²) in [6, 6.07) is 7.67. The summed E-state index contributed by atoms with van der Waals surface area (Å²) < 4.78 is 38.7. The number of anilines is 1. The van der Waals surface area contributed by atoms with Gasteiger partial charge in [-0.3, -0.25) is 14.2 Å². The van der Waals surface area contributed by atoms with E-state index in [0.29, 0.717) is 10.9 Å². The number of carbonyl (C=O) groups excluding carboxylic acids is 1. The Bertz CT molecular complexity index is 1010. The highest BCUT2D eigenvalue weighted by molar-refractivity contribution is 5.93. The Morgan fingerprint density at radius 3 is 2.54 bits per heavy atom. The van der Waals surface area contributed by atoms with Crippen LogP contribution in [0.25, 0.3) is 10.9 Å². The van der Waals surface area contributed by atoms with Crippen molar-refractivity contribution in [1.29, 1.82) is 0 Å². The molecule has 1 aromatic carbocycles. The predicted molar refractivity (Wildman–Crippen MR) is 88.6 cm³/mol. The van der Waals surface area contributed by atoms with E-state index in [0.717, 1.165) is 22.9 Å². The number of para-hydroxylation sites is 1. The molecule has 9 heteroatoms. The van der Waals surface area contributed by atoms with Gasteiger partial charge >= 0.3 is 6.18 Å². The second-order valence-electron chi connectivity index (χ2n) is 5.57. The molecular formula is C17H13F3N4O2. The van der Waals surface area contributed by atoms with E-state index in [1.54, 1.807) is 24.3 Å². The van der Waals surface area contributed by atoms with Crippen molar-refractivity contribution >= 4 is 22.5 Å². The van der Waals surface area contributed by atoms with Gasteiger partial charge in [0.1, 0.15) is 11.7 Å². The van der Waals surface area contributed by atoms with E-state index in [1.807, 2.05) is 0 Å². The van der Waals surface area contributed by atoms with Crippen molar-refractivity contribution < 1.29 is 18.0 Å². The molecule has 0 fully saturated rings. The number of amides is 1. The minimum Gasteiger partial charge on any atom is -0.323 e. The molecule has 6 nitrogen and oxygen atoms in total. The highest BCUT2D eigenvalue weighted by Gasteiger charge is 2.32. The molecule has 0 spiro atoms. The summed E-state index contributed by atoms with van der Waals surface area (Å²) in [5.41, 5.74) is -0.841. The number of fused-ring (bicyclic) bond motifs is 1. The number of aromatic nitrogens is 3. The molecule has 134 valence electrons. The highest BCUT2D eigenvalue weighted by Crippen LogP contribution is 2.27. The van der Waals surface area contributed by atoms with E-state index < -0.39 is 23.8 Å². The number of hydrogen-bond donors (Lipinski definition) is 1. The van der Waals surface area contributed by atoms with Gasteiger partial charge < -0.3 is 5.32 Å². The van der Waals surface area contributed by atoms with Gasteiger partial charge in [-0.15, -0.1) is 0 Å². The number of hydrogen-bond acceptors (Lipinski definition) is 4. The Morgan fingerprint density at radius 1 is 1.15 bits per heavy atom. The molecule has 0 aliphatic rings. The second-order valence-corrected chi connectivity index (χ2v) is 5.57. The first-order chi connectivity index (χ1) is 12.3. The SMILES string of the molecule is CC(C(=O)Nc1ccc(C(F)(F)F)nc1)n1cnc2ccccc2c1=O. The van der Waals surface area contributed by atoms with Crippen molar-refractivity contribution in [2.45, 2.75) is 19.1 Å². The average Bonchev–Trinajstić information content (AvgIpc) is 2.61. The van der Waals surface area contributed by atoms with Crippen molar-refractivity contribution in [2.75, 3.05) is 5.32 Å². The van der Waals surface area contributed by atoms with E-state index in [2.05, 4.69) is 15.3 Å². The van der Waals surface area contributed by atoms with Gasteiger partial charge in [0.15, 0.2) is 0 Å². The molecule has 0 bridgehead atoms. The number of pyridine rings is 1. The van der Waals surface area contributed by atoms with Crippen LogP contribution in [0.5, 0.6) is 0 Å². The smallest absolute Gasteiger partial charge is 0.323 e. The minimum absolute atomic E-state index is 0.0941. The number of benzene rings is 1. The van der Waals surface area contributed by atoms with Gasteiger partial charge in [0.25, 0.3) is 5.56 Å². The molecule has 0 aliphatic heterocycles. The minimum atomic E-state index is -4.56. The fourth-order valence-electron chi connectivity index (χ4n) is 2.37. The summed E-state index contributed by atoms with van der Waals surface area (Å²) in [4.78, 5) is 32.2. The van der Waals surface area contributed by atoms with Gasteiger partial charge in [-0.1, -0.05) is 12.1 Å². The van der Waals surface area contributed by atoms with Crippen molar-refractivity contribution in [3.8, 4) is 0 Å². The first kappa shape index (κ1) is 17.6. The van der Waals surface area contributed by atoms with Crippen LogP contribution in [0.4, 0.5) is 18.9 Å². The van der Waals surface area contributed by atoms with Crippen LogP contribution in [0.2, 0.25) is 0 Å². The lowest BCUT2D eigenvalue weighted by molar-refractivity contribution is -0.141. The molecule has 1 unspecified atom stereocenters. The Balaban J connectivity index is 1.82. The second kappa shape index (κ2) is 6.58. The number of rotatable bonds is 3. The molecule has 0 radical (unpaired) electrons. The zero-order valence-electron chi connectivity index (χ0n) is 13.5. The van der Waals surface area contributed by atoms with Crippen LogP contribution in [0, 0.1) is 0 Å². The quantitative estimate of drug-likeness (QED) is 0.777. The van der Waals surface area contributed by atoms with Gasteiger partial charge in [0, 0.05) is 0 Å². The fraction of sp³-hybridized carbons (Fsp3) is 0.176. The summed E-state index contributed by atoms with van der Waals surface area (Å²) in [6.07, 6.45) is -2.38. The van der Waals surface area contributed by atoms with Crippen molar-refractivity contribution in [1.82, 2.24) is 14.5 Å². The zero-order valence-corrected chi connectivity index (χ0v) is 13.5. The maximum atomic E-state index is 12.5. The molecule has 0 aliphatic carbocycles. The number of nitrogens with one attached hydrogen (secondary N) is 1. The topological polar surface area (TPSA) is 76.9 Å². The number of nitrogens with zero attached hydrogens (tertiary/aromatic N) is 3. The van der Waals surface area contributed by atoms with Crippen LogP contribution in [0.15, 0.2) is 53.7 Å². The molecule has 2 heterocycles. The van der Waals surface area contributed by atoms with E-state index in [-0.39, 0.29) is 11.2 Å². The molecule has 1 N–H and O–H groups in total. The van der Waals surface area contributed by atoms with E-state index >= 15 is 0 Å². The monoisotopic (exact) mass is 362 g/mol. The fourth-order valence-corrected chi connectivity index (χ4v) is 2.37. The summed E-state index contributed by atoms with van der Waals surface area (Å²) in [5.74, 6) is -0.578. The van der Waals surface area contributed by atoms with Gasteiger partial charge in [0.05, 0.1) is 29.1 Å². The Hall–Kier alpha value is -3.23. The number of alkyl halides is 3. The van der Waals surface area contributed by atoms with Crippen LogP contribution < -0.4 is 10.9 Å².